The second-order valence-electron chi connectivity index (χ2n) is 7.72. The second kappa shape index (κ2) is 9.24. The van der Waals surface area contributed by atoms with Crippen LogP contribution in [0.1, 0.15) is 32.6 Å². The van der Waals surface area contributed by atoms with Crippen LogP contribution in [0.2, 0.25) is 0 Å². The Bertz CT molecular complexity index is 1260. The molecule has 160 valence electrons. The average Bonchev–Trinajstić information content (AvgIpc) is 3.10. The number of benzene rings is 3. The van der Waals surface area contributed by atoms with Gasteiger partial charge in [-0.15, -0.1) is 0 Å². The Morgan fingerprint density at radius 2 is 1.72 bits per heavy atom. The van der Waals surface area contributed by atoms with Crippen LogP contribution >= 0.6 is 11.8 Å². The monoisotopic (exact) mass is 441 g/mol. The molecule has 0 unspecified atom stereocenters. The molecular weight excluding hydrogens is 418 g/mol. The van der Waals surface area contributed by atoms with Crippen molar-refractivity contribution in [3.05, 3.63) is 99.5 Å². The zero-order chi connectivity index (χ0) is 22.7. The number of amides is 2. The highest BCUT2D eigenvalue weighted by Crippen LogP contribution is 2.30. The third kappa shape index (κ3) is 5.15. The Balaban J connectivity index is 1.51. The summed E-state index contributed by atoms with van der Waals surface area (Å²) in [6.07, 6.45) is 1.80. The molecule has 1 fully saturated rings. The van der Waals surface area contributed by atoms with Gasteiger partial charge in [-0.3, -0.25) is 9.59 Å². The number of anilines is 1. The van der Waals surface area contributed by atoms with Gasteiger partial charge in [-0.2, -0.15) is 0 Å². The van der Waals surface area contributed by atoms with Crippen molar-refractivity contribution in [1.29, 1.82) is 0 Å². The summed E-state index contributed by atoms with van der Waals surface area (Å²) in [5, 5.41) is 6.29. The molecule has 0 aliphatic carbocycles. The van der Waals surface area contributed by atoms with Crippen molar-refractivity contribution < 1.29 is 9.59 Å². The van der Waals surface area contributed by atoms with E-state index in [1.807, 2.05) is 75.4 Å². The van der Waals surface area contributed by atoms with Crippen LogP contribution in [-0.2, 0) is 4.79 Å². The van der Waals surface area contributed by atoms with Crippen LogP contribution in [0.15, 0.2) is 76.6 Å². The molecule has 1 aliphatic heterocycles. The van der Waals surface area contributed by atoms with Crippen molar-refractivity contribution >= 4 is 46.2 Å². The summed E-state index contributed by atoms with van der Waals surface area (Å²) in [6.45, 7) is 5.99. The van der Waals surface area contributed by atoms with Crippen LogP contribution in [0.25, 0.3) is 6.08 Å². The number of hydrogen-bond acceptors (Lipinski definition) is 4. The van der Waals surface area contributed by atoms with E-state index in [1.165, 1.54) is 11.8 Å². The van der Waals surface area contributed by atoms with Gasteiger partial charge in [0.15, 0.2) is 5.17 Å². The molecule has 0 atom stereocenters. The highest BCUT2D eigenvalue weighted by Gasteiger charge is 2.24. The lowest BCUT2D eigenvalue weighted by atomic mass is 10.1. The Labute approximate surface area is 191 Å². The van der Waals surface area contributed by atoms with Gasteiger partial charge in [-0.05, 0) is 85.6 Å². The van der Waals surface area contributed by atoms with E-state index in [2.05, 4.69) is 15.6 Å². The molecule has 0 bridgehead atoms. The van der Waals surface area contributed by atoms with E-state index in [1.54, 1.807) is 18.2 Å². The molecule has 1 aliphatic rings. The molecule has 4 rings (SSSR count). The predicted octanol–water partition coefficient (Wildman–Crippen LogP) is 5.76. The van der Waals surface area contributed by atoms with Crippen molar-refractivity contribution in [1.82, 2.24) is 5.32 Å². The van der Waals surface area contributed by atoms with Gasteiger partial charge in [0, 0.05) is 11.3 Å². The number of rotatable bonds is 4. The lowest BCUT2D eigenvalue weighted by molar-refractivity contribution is -0.115. The van der Waals surface area contributed by atoms with Gasteiger partial charge in [-0.25, -0.2) is 4.99 Å². The summed E-state index contributed by atoms with van der Waals surface area (Å²) in [5.41, 5.74) is 6.18. The molecule has 3 aromatic rings. The summed E-state index contributed by atoms with van der Waals surface area (Å²) in [6, 6.07) is 20.9. The molecular formula is C26H23N3O2S. The number of hydrogen-bond donors (Lipinski definition) is 2. The fourth-order valence-corrected chi connectivity index (χ4v) is 4.03. The van der Waals surface area contributed by atoms with Crippen LogP contribution < -0.4 is 10.6 Å². The smallest absolute Gasteiger partial charge is 0.264 e. The number of amidine groups is 1. The lowest BCUT2D eigenvalue weighted by Gasteiger charge is -2.06. The number of thioether (sulfide) groups is 1. The lowest BCUT2D eigenvalue weighted by Crippen LogP contribution is -2.19. The predicted molar refractivity (Wildman–Crippen MR) is 132 cm³/mol. The minimum Gasteiger partial charge on any atom is -0.322 e. The van der Waals surface area contributed by atoms with Crippen LogP contribution in [0, 0.1) is 20.8 Å². The first kappa shape index (κ1) is 21.6. The van der Waals surface area contributed by atoms with Crippen molar-refractivity contribution in [3.8, 4) is 0 Å². The van der Waals surface area contributed by atoms with Gasteiger partial charge >= 0.3 is 0 Å². The number of aryl methyl sites for hydroxylation is 3. The van der Waals surface area contributed by atoms with E-state index in [0.29, 0.717) is 21.3 Å². The van der Waals surface area contributed by atoms with E-state index in [4.69, 9.17) is 0 Å². The Morgan fingerprint density at radius 3 is 2.50 bits per heavy atom. The van der Waals surface area contributed by atoms with Gasteiger partial charge < -0.3 is 10.6 Å². The molecule has 0 radical (unpaired) electrons. The standard InChI is InChI=1S/C26H23N3O2S/c1-16-8-11-20(12-9-16)24(30)27-21-6-4-5-19(14-21)15-23-25(31)29-26(32-23)28-22-13-17(2)7-10-18(22)3/h4-15H,1-3H3,(H,27,30)(H,28,29,31)/b23-15-. The molecule has 3 aromatic carbocycles. The third-order valence-corrected chi connectivity index (χ3v) is 5.90. The average molecular weight is 442 g/mol. The first-order chi connectivity index (χ1) is 15.4. The molecule has 1 heterocycles. The van der Waals surface area contributed by atoms with E-state index < -0.39 is 0 Å². The minimum absolute atomic E-state index is 0.175. The quantitative estimate of drug-likeness (QED) is 0.506. The van der Waals surface area contributed by atoms with Gasteiger partial charge in [0.05, 0.1) is 10.6 Å². The summed E-state index contributed by atoms with van der Waals surface area (Å²) in [7, 11) is 0. The van der Waals surface area contributed by atoms with E-state index in [-0.39, 0.29) is 11.8 Å². The SMILES string of the molecule is Cc1ccc(C(=O)Nc2cccc(/C=C3\SC(=Nc4cc(C)ccc4C)NC3=O)c2)cc1. The van der Waals surface area contributed by atoms with Gasteiger partial charge in [0.2, 0.25) is 0 Å². The third-order valence-electron chi connectivity index (χ3n) is 4.99. The van der Waals surface area contributed by atoms with Gasteiger partial charge in [0.25, 0.3) is 11.8 Å². The maximum absolute atomic E-state index is 12.5. The van der Waals surface area contributed by atoms with Crippen LogP contribution in [0.5, 0.6) is 0 Å². The molecule has 2 amide bonds. The fourth-order valence-electron chi connectivity index (χ4n) is 3.20. The van der Waals surface area contributed by atoms with Crippen molar-refractivity contribution in [2.75, 3.05) is 5.32 Å². The normalized spacial score (nSPS) is 15.8. The summed E-state index contributed by atoms with van der Waals surface area (Å²) in [5.74, 6) is -0.362. The van der Waals surface area contributed by atoms with Crippen molar-refractivity contribution in [2.24, 2.45) is 4.99 Å². The van der Waals surface area contributed by atoms with Gasteiger partial charge in [-0.1, -0.05) is 42.0 Å². The maximum atomic E-state index is 12.5. The van der Waals surface area contributed by atoms with Crippen molar-refractivity contribution in [3.63, 3.8) is 0 Å². The Hall–Kier alpha value is -3.64. The Morgan fingerprint density at radius 1 is 0.969 bits per heavy atom. The number of nitrogens with zero attached hydrogens (tertiary/aromatic N) is 1. The molecule has 5 nitrogen and oxygen atoms in total. The van der Waals surface area contributed by atoms with E-state index >= 15 is 0 Å². The van der Waals surface area contributed by atoms with Crippen LogP contribution in [0.4, 0.5) is 11.4 Å². The topological polar surface area (TPSA) is 70.6 Å². The zero-order valence-corrected chi connectivity index (χ0v) is 18.9. The molecule has 0 saturated carbocycles. The molecule has 2 N–H and O–H groups in total. The molecule has 32 heavy (non-hydrogen) atoms. The molecule has 1 saturated heterocycles. The second-order valence-corrected chi connectivity index (χ2v) is 8.75. The molecule has 6 heteroatoms. The number of aliphatic imine (C=N–C) groups is 1. The molecule has 0 spiro atoms. The fraction of sp³-hybridized carbons (Fsp3) is 0.115. The summed E-state index contributed by atoms with van der Waals surface area (Å²) < 4.78 is 0. The number of carbonyl (C=O) groups excluding carboxylic acids is 2. The van der Waals surface area contributed by atoms with Crippen LogP contribution in [0.3, 0.4) is 0 Å². The van der Waals surface area contributed by atoms with Crippen LogP contribution in [-0.4, -0.2) is 17.0 Å². The Kier molecular flexibility index (Phi) is 6.23. The summed E-state index contributed by atoms with van der Waals surface area (Å²) in [4.78, 5) is 30.1. The van der Waals surface area contributed by atoms with Gasteiger partial charge in [0.1, 0.15) is 0 Å². The minimum atomic E-state index is -0.187. The van der Waals surface area contributed by atoms with E-state index in [9.17, 15) is 9.59 Å². The number of carbonyl (C=O) groups is 2. The largest absolute Gasteiger partial charge is 0.322 e. The summed E-state index contributed by atoms with van der Waals surface area (Å²) >= 11 is 1.30. The first-order valence-corrected chi connectivity index (χ1v) is 11.0. The highest BCUT2D eigenvalue weighted by atomic mass is 32.2. The van der Waals surface area contributed by atoms with Crippen molar-refractivity contribution in [2.45, 2.75) is 20.8 Å². The number of nitrogens with one attached hydrogen (secondary N) is 2. The zero-order valence-electron chi connectivity index (χ0n) is 18.1. The first-order valence-electron chi connectivity index (χ1n) is 10.2. The maximum Gasteiger partial charge on any atom is 0.264 e. The molecule has 0 aromatic heterocycles. The van der Waals surface area contributed by atoms with E-state index in [0.717, 1.165) is 27.9 Å². The highest BCUT2D eigenvalue weighted by molar-refractivity contribution is 8.18.